The molecule has 23 heavy (non-hydrogen) atoms. The number of carbonyl (C=O) groups is 2. The molecule has 0 aliphatic carbocycles. The van der Waals surface area contributed by atoms with Crippen LogP contribution in [0.1, 0.15) is 62.2 Å². The van der Waals surface area contributed by atoms with Gasteiger partial charge in [-0.3, -0.25) is 4.79 Å². The normalized spacial score (nSPS) is 10.3. The summed E-state index contributed by atoms with van der Waals surface area (Å²) in [5, 5.41) is 8.78. The minimum absolute atomic E-state index is 0.190. The van der Waals surface area contributed by atoms with E-state index in [0.29, 0.717) is 12.2 Å². The van der Waals surface area contributed by atoms with Gasteiger partial charge in [0.05, 0.1) is 5.56 Å². The first kappa shape index (κ1) is 19.0. The average Bonchev–Trinajstić information content (AvgIpc) is 2.55. The molecule has 0 unspecified atom stereocenters. The lowest BCUT2D eigenvalue weighted by Crippen LogP contribution is -2.12. The summed E-state index contributed by atoms with van der Waals surface area (Å²) in [4.78, 5) is 22.2. The van der Waals surface area contributed by atoms with Crippen molar-refractivity contribution in [1.82, 2.24) is 0 Å². The van der Waals surface area contributed by atoms with Crippen LogP contribution in [0.3, 0.4) is 0 Å². The Hall–Kier alpha value is -2.04. The molecule has 0 aliphatic heterocycles. The number of aromatic carboxylic acids is 1. The minimum atomic E-state index is -0.972. The van der Waals surface area contributed by atoms with Gasteiger partial charge in [0.2, 0.25) is 0 Å². The van der Waals surface area contributed by atoms with Crippen molar-refractivity contribution in [2.75, 3.05) is 13.2 Å². The fourth-order valence-corrected chi connectivity index (χ4v) is 2.13. The highest BCUT2D eigenvalue weighted by atomic mass is 16.6. The van der Waals surface area contributed by atoms with Gasteiger partial charge >= 0.3 is 11.9 Å². The van der Waals surface area contributed by atoms with Gasteiger partial charge in [-0.1, -0.05) is 39.0 Å². The molecule has 1 rings (SSSR count). The SMILES string of the molecule is CCCCCCCCC(=O)OCCOc1ccc(C(=O)O)cc1. The van der Waals surface area contributed by atoms with Gasteiger partial charge in [-0.05, 0) is 30.7 Å². The second-order valence-electron chi connectivity index (χ2n) is 5.42. The van der Waals surface area contributed by atoms with Crippen LogP contribution in [0.5, 0.6) is 5.75 Å². The topological polar surface area (TPSA) is 72.8 Å². The van der Waals surface area contributed by atoms with Gasteiger partial charge in [0, 0.05) is 6.42 Å². The van der Waals surface area contributed by atoms with Crippen LogP contribution in [-0.4, -0.2) is 30.3 Å². The Balaban J connectivity index is 2.05. The highest BCUT2D eigenvalue weighted by Gasteiger charge is 2.04. The molecule has 5 nitrogen and oxygen atoms in total. The Morgan fingerprint density at radius 1 is 0.957 bits per heavy atom. The third kappa shape index (κ3) is 8.86. The van der Waals surface area contributed by atoms with Crippen molar-refractivity contribution in [1.29, 1.82) is 0 Å². The van der Waals surface area contributed by atoms with Gasteiger partial charge in [0.15, 0.2) is 0 Å². The van der Waals surface area contributed by atoms with Crippen LogP contribution in [0.2, 0.25) is 0 Å². The molecular formula is C18H26O5. The van der Waals surface area contributed by atoms with E-state index in [0.717, 1.165) is 12.8 Å². The third-order valence-electron chi connectivity index (χ3n) is 3.45. The van der Waals surface area contributed by atoms with Crippen molar-refractivity contribution < 1.29 is 24.2 Å². The number of benzene rings is 1. The van der Waals surface area contributed by atoms with Crippen molar-refractivity contribution >= 4 is 11.9 Å². The van der Waals surface area contributed by atoms with Crippen molar-refractivity contribution in [2.24, 2.45) is 0 Å². The lowest BCUT2D eigenvalue weighted by Gasteiger charge is -2.07. The van der Waals surface area contributed by atoms with Gasteiger partial charge in [-0.25, -0.2) is 4.79 Å². The molecule has 0 bridgehead atoms. The highest BCUT2D eigenvalue weighted by Crippen LogP contribution is 2.12. The molecular weight excluding hydrogens is 296 g/mol. The summed E-state index contributed by atoms with van der Waals surface area (Å²) < 4.78 is 10.5. The van der Waals surface area contributed by atoms with Crippen LogP contribution >= 0.6 is 0 Å². The Morgan fingerprint density at radius 2 is 1.61 bits per heavy atom. The molecule has 0 amide bonds. The first-order valence-corrected chi connectivity index (χ1v) is 8.25. The number of hydrogen-bond donors (Lipinski definition) is 1. The number of carbonyl (C=O) groups excluding carboxylic acids is 1. The largest absolute Gasteiger partial charge is 0.490 e. The molecule has 0 atom stereocenters. The van der Waals surface area contributed by atoms with Crippen molar-refractivity contribution in [3.05, 3.63) is 29.8 Å². The van der Waals surface area contributed by atoms with E-state index in [1.54, 1.807) is 12.1 Å². The second kappa shape index (κ2) is 11.5. The zero-order valence-electron chi connectivity index (χ0n) is 13.8. The summed E-state index contributed by atoms with van der Waals surface area (Å²) in [6.45, 7) is 2.64. The van der Waals surface area contributed by atoms with Crippen LogP contribution < -0.4 is 4.74 Å². The van der Waals surface area contributed by atoms with Gasteiger partial charge < -0.3 is 14.6 Å². The third-order valence-corrected chi connectivity index (χ3v) is 3.45. The Kier molecular flexibility index (Phi) is 9.52. The van der Waals surface area contributed by atoms with Crippen molar-refractivity contribution in [2.45, 2.75) is 51.9 Å². The molecule has 0 aromatic heterocycles. The Bertz CT molecular complexity index is 467. The lowest BCUT2D eigenvalue weighted by molar-refractivity contribution is -0.144. The van der Waals surface area contributed by atoms with E-state index in [2.05, 4.69) is 6.92 Å². The van der Waals surface area contributed by atoms with Gasteiger partial charge in [-0.15, -0.1) is 0 Å². The number of hydrogen-bond acceptors (Lipinski definition) is 4. The predicted molar refractivity (Wildman–Crippen MR) is 87.8 cm³/mol. The number of ether oxygens (including phenoxy) is 2. The van der Waals surface area contributed by atoms with Crippen LogP contribution in [-0.2, 0) is 9.53 Å². The quantitative estimate of drug-likeness (QED) is 0.464. The molecule has 0 spiro atoms. The second-order valence-corrected chi connectivity index (χ2v) is 5.42. The van der Waals surface area contributed by atoms with E-state index in [1.807, 2.05) is 0 Å². The zero-order valence-corrected chi connectivity index (χ0v) is 13.8. The molecule has 0 fully saturated rings. The molecule has 1 aromatic carbocycles. The lowest BCUT2D eigenvalue weighted by atomic mass is 10.1. The molecule has 128 valence electrons. The van der Waals surface area contributed by atoms with E-state index in [1.165, 1.54) is 37.8 Å². The summed E-state index contributed by atoms with van der Waals surface area (Å²) in [5.41, 5.74) is 0.211. The Labute approximate surface area is 137 Å². The molecule has 0 heterocycles. The van der Waals surface area contributed by atoms with Crippen LogP contribution in [0.4, 0.5) is 0 Å². The predicted octanol–water partition coefficient (Wildman–Crippen LogP) is 4.06. The molecule has 0 saturated carbocycles. The first-order valence-electron chi connectivity index (χ1n) is 8.25. The van der Waals surface area contributed by atoms with Crippen LogP contribution in [0.25, 0.3) is 0 Å². The van der Waals surface area contributed by atoms with Crippen LogP contribution in [0, 0.1) is 0 Å². The van der Waals surface area contributed by atoms with Crippen molar-refractivity contribution in [3.63, 3.8) is 0 Å². The average molecular weight is 322 g/mol. The Morgan fingerprint density at radius 3 is 2.26 bits per heavy atom. The van der Waals surface area contributed by atoms with Crippen LogP contribution in [0.15, 0.2) is 24.3 Å². The minimum Gasteiger partial charge on any atom is -0.490 e. The molecule has 1 N–H and O–H groups in total. The highest BCUT2D eigenvalue weighted by molar-refractivity contribution is 5.87. The standard InChI is InChI=1S/C18H26O5/c1-2-3-4-5-6-7-8-17(19)23-14-13-22-16-11-9-15(10-12-16)18(20)21/h9-12H,2-8,13-14H2,1H3,(H,20,21). The molecule has 0 saturated heterocycles. The maximum atomic E-state index is 11.5. The fourth-order valence-electron chi connectivity index (χ4n) is 2.13. The molecule has 0 radical (unpaired) electrons. The van der Waals surface area contributed by atoms with Crippen molar-refractivity contribution in [3.8, 4) is 5.75 Å². The summed E-state index contributed by atoms with van der Waals surface area (Å²) in [6, 6.07) is 6.12. The smallest absolute Gasteiger partial charge is 0.335 e. The monoisotopic (exact) mass is 322 g/mol. The summed E-state index contributed by atoms with van der Waals surface area (Å²) in [7, 11) is 0. The van der Waals surface area contributed by atoms with Gasteiger partial charge in [0.1, 0.15) is 19.0 Å². The number of unbranched alkanes of at least 4 members (excludes halogenated alkanes) is 5. The van der Waals surface area contributed by atoms with Gasteiger partial charge in [-0.2, -0.15) is 0 Å². The van der Waals surface area contributed by atoms with E-state index in [9.17, 15) is 9.59 Å². The van der Waals surface area contributed by atoms with E-state index in [4.69, 9.17) is 14.6 Å². The van der Waals surface area contributed by atoms with E-state index < -0.39 is 5.97 Å². The number of carboxylic acids is 1. The summed E-state index contributed by atoms with van der Waals surface area (Å²) >= 11 is 0. The van der Waals surface area contributed by atoms with E-state index in [-0.39, 0.29) is 24.7 Å². The maximum Gasteiger partial charge on any atom is 0.335 e. The first-order chi connectivity index (χ1) is 11.1. The summed E-state index contributed by atoms with van der Waals surface area (Å²) in [6.07, 6.45) is 7.30. The molecule has 1 aromatic rings. The summed E-state index contributed by atoms with van der Waals surface area (Å²) in [5.74, 6) is -0.604. The van der Waals surface area contributed by atoms with E-state index >= 15 is 0 Å². The fraction of sp³-hybridized carbons (Fsp3) is 0.556. The zero-order chi connectivity index (χ0) is 16.9. The van der Waals surface area contributed by atoms with Gasteiger partial charge in [0.25, 0.3) is 0 Å². The number of esters is 1. The molecule has 5 heteroatoms. The number of rotatable bonds is 12. The maximum absolute atomic E-state index is 11.5. The number of carboxylic acid groups (broad SMARTS) is 1. The molecule has 0 aliphatic rings.